The number of aromatic nitrogens is 2. The van der Waals surface area contributed by atoms with Gasteiger partial charge < -0.3 is 15.2 Å². The topological polar surface area (TPSA) is 76.0 Å². The fraction of sp³-hybridized carbons (Fsp3) is 0.500. The van der Waals surface area contributed by atoms with Gasteiger partial charge >= 0.3 is 0 Å². The normalized spacial score (nSPS) is 19.6. The lowest BCUT2D eigenvalue weighted by molar-refractivity contribution is -0.126. The predicted molar refractivity (Wildman–Crippen MR) is 56.2 cm³/mol. The van der Waals surface area contributed by atoms with E-state index in [-0.39, 0.29) is 24.2 Å². The molecule has 0 saturated carbocycles. The second kappa shape index (κ2) is 4.34. The van der Waals surface area contributed by atoms with Crippen LogP contribution in [0.25, 0.3) is 0 Å². The van der Waals surface area contributed by atoms with Crippen LogP contribution in [0.3, 0.4) is 0 Å². The molecule has 1 aromatic rings. The third-order valence-corrected chi connectivity index (χ3v) is 2.69. The van der Waals surface area contributed by atoms with Crippen LogP contribution in [0.2, 0.25) is 0 Å². The highest BCUT2D eigenvalue weighted by molar-refractivity contribution is 5.89. The monoisotopic (exact) mass is 222 g/mol. The highest BCUT2D eigenvalue weighted by atomic mass is 16.2. The van der Waals surface area contributed by atoms with Crippen LogP contribution in [0.5, 0.6) is 0 Å². The largest absolute Gasteiger partial charge is 0.355 e. The molecule has 1 fully saturated rings. The van der Waals surface area contributed by atoms with Crippen LogP contribution in [0, 0.1) is 5.92 Å². The van der Waals surface area contributed by atoms with Gasteiger partial charge in [0.1, 0.15) is 5.82 Å². The molecule has 1 aliphatic heterocycles. The number of aryl methyl sites for hydroxylation is 1. The number of hydrogen-bond donors (Lipinski definition) is 2. The third kappa shape index (κ3) is 2.21. The number of carbonyl (C=O) groups is 2. The Morgan fingerprint density at radius 2 is 2.56 bits per heavy atom. The molecule has 16 heavy (non-hydrogen) atoms. The van der Waals surface area contributed by atoms with Crippen molar-refractivity contribution in [2.24, 2.45) is 13.0 Å². The van der Waals surface area contributed by atoms with Crippen molar-refractivity contribution in [3.63, 3.8) is 0 Å². The Morgan fingerprint density at radius 3 is 3.12 bits per heavy atom. The predicted octanol–water partition coefficient (Wildman–Crippen LogP) is -0.828. The minimum absolute atomic E-state index is 0.0582. The molecule has 2 rings (SSSR count). The molecule has 0 radical (unpaired) electrons. The van der Waals surface area contributed by atoms with Crippen molar-refractivity contribution in [2.75, 3.05) is 6.54 Å². The van der Waals surface area contributed by atoms with E-state index >= 15 is 0 Å². The van der Waals surface area contributed by atoms with Crippen molar-refractivity contribution in [1.82, 2.24) is 20.2 Å². The second-order valence-corrected chi connectivity index (χ2v) is 3.88. The maximum atomic E-state index is 11.7. The summed E-state index contributed by atoms with van der Waals surface area (Å²) in [6.45, 7) is 0.832. The Morgan fingerprint density at radius 1 is 1.75 bits per heavy atom. The van der Waals surface area contributed by atoms with Crippen LogP contribution < -0.4 is 10.6 Å². The Labute approximate surface area is 93.0 Å². The Hall–Kier alpha value is -1.85. The molecule has 2 N–H and O–H groups in total. The lowest BCUT2D eigenvalue weighted by atomic mass is 10.1. The molecule has 1 aromatic heterocycles. The van der Waals surface area contributed by atoms with Gasteiger partial charge in [-0.25, -0.2) is 4.98 Å². The lowest BCUT2D eigenvalue weighted by Crippen LogP contribution is -2.32. The van der Waals surface area contributed by atoms with Crippen molar-refractivity contribution in [2.45, 2.75) is 13.0 Å². The molecule has 6 heteroatoms. The molecular formula is C10H14N4O2. The van der Waals surface area contributed by atoms with Gasteiger partial charge in [-0.2, -0.15) is 0 Å². The maximum absolute atomic E-state index is 11.7. The molecule has 86 valence electrons. The highest BCUT2D eigenvalue weighted by Crippen LogP contribution is 2.08. The van der Waals surface area contributed by atoms with Gasteiger partial charge in [0.25, 0.3) is 0 Å². The van der Waals surface area contributed by atoms with Crippen molar-refractivity contribution in [1.29, 1.82) is 0 Å². The van der Waals surface area contributed by atoms with Crippen LogP contribution in [0.1, 0.15) is 12.2 Å². The summed E-state index contributed by atoms with van der Waals surface area (Å²) in [5, 5.41) is 5.41. The molecule has 1 atom stereocenters. The average Bonchev–Trinajstić information content (AvgIpc) is 2.84. The first-order valence-corrected chi connectivity index (χ1v) is 5.17. The summed E-state index contributed by atoms with van der Waals surface area (Å²) in [5.41, 5.74) is 0. The zero-order chi connectivity index (χ0) is 11.5. The third-order valence-electron chi connectivity index (χ3n) is 2.69. The zero-order valence-electron chi connectivity index (χ0n) is 9.06. The summed E-state index contributed by atoms with van der Waals surface area (Å²) >= 11 is 0. The van der Waals surface area contributed by atoms with E-state index in [1.165, 1.54) is 0 Å². The van der Waals surface area contributed by atoms with Crippen LogP contribution in [-0.2, 0) is 23.2 Å². The molecule has 1 unspecified atom stereocenters. The summed E-state index contributed by atoms with van der Waals surface area (Å²) in [6, 6.07) is 0. The van der Waals surface area contributed by atoms with Crippen LogP contribution >= 0.6 is 0 Å². The number of carbonyl (C=O) groups excluding carboxylic acids is 2. The molecule has 1 aliphatic rings. The lowest BCUT2D eigenvalue weighted by Gasteiger charge is -2.08. The molecule has 0 aliphatic carbocycles. The number of amides is 2. The number of imidazole rings is 1. The molecule has 0 bridgehead atoms. The smallest absolute Gasteiger partial charge is 0.225 e. The first-order chi connectivity index (χ1) is 7.66. The van der Waals surface area contributed by atoms with Crippen LogP contribution in [0.15, 0.2) is 12.4 Å². The minimum Gasteiger partial charge on any atom is -0.355 e. The second-order valence-electron chi connectivity index (χ2n) is 3.88. The molecule has 2 heterocycles. The molecule has 2 amide bonds. The molecule has 0 aromatic carbocycles. The summed E-state index contributed by atoms with van der Waals surface area (Å²) in [6.07, 6.45) is 3.79. The molecule has 1 saturated heterocycles. The highest BCUT2D eigenvalue weighted by Gasteiger charge is 2.27. The van der Waals surface area contributed by atoms with Gasteiger partial charge in [-0.3, -0.25) is 9.59 Å². The number of nitrogens with one attached hydrogen (secondary N) is 2. The van der Waals surface area contributed by atoms with E-state index in [0.29, 0.717) is 13.1 Å². The van der Waals surface area contributed by atoms with E-state index in [2.05, 4.69) is 15.6 Å². The minimum atomic E-state index is -0.243. The Bertz CT molecular complexity index is 413. The summed E-state index contributed by atoms with van der Waals surface area (Å²) in [4.78, 5) is 26.7. The summed E-state index contributed by atoms with van der Waals surface area (Å²) < 4.78 is 1.85. The average molecular weight is 222 g/mol. The Kier molecular flexibility index (Phi) is 2.89. The standard InChI is InChI=1S/C10H14N4O2/c1-14-3-2-11-8(14)6-13-10(16)7-4-9(15)12-5-7/h2-3,7H,4-6H2,1H3,(H,12,15)(H,13,16). The van der Waals surface area contributed by atoms with Crippen LogP contribution in [0.4, 0.5) is 0 Å². The van der Waals surface area contributed by atoms with Gasteiger partial charge in [0, 0.05) is 32.4 Å². The van der Waals surface area contributed by atoms with E-state index in [1.807, 2.05) is 17.8 Å². The van der Waals surface area contributed by atoms with E-state index in [4.69, 9.17) is 0 Å². The molecule has 6 nitrogen and oxygen atoms in total. The Balaban J connectivity index is 1.84. The number of rotatable bonds is 3. The maximum Gasteiger partial charge on any atom is 0.225 e. The van der Waals surface area contributed by atoms with Gasteiger partial charge in [-0.05, 0) is 0 Å². The van der Waals surface area contributed by atoms with Gasteiger partial charge in [0.05, 0.1) is 12.5 Å². The van der Waals surface area contributed by atoms with Crippen molar-refractivity contribution < 1.29 is 9.59 Å². The van der Waals surface area contributed by atoms with Gasteiger partial charge in [0.15, 0.2) is 0 Å². The van der Waals surface area contributed by atoms with Crippen molar-refractivity contribution >= 4 is 11.8 Å². The van der Waals surface area contributed by atoms with E-state index < -0.39 is 0 Å². The molecule has 0 spiro atoms. The van der Waals surface area contributed by atoms with Crippen molar-refractivity contribution in [3.8, 4) is 0 Å². The fourth-order valence-corrected chi connectivity index (χ4v) is 1.67. The van der Waals surface area contributed by atoms with E-state index in [1.54, 1.807) is 6.20 Å². The fourth-order valence-electron chi connectivity index (χ4n) is 1.67. The van der Waals surface area contributed by atoms with Gasteiger partial charge in [-0.1, -0.05) is 0 Å². The van der Waals surface area contributed by atoms with Gasteiger partial charge in [0.2, 0.25) is 11.8 Å². The van der Waals surface area contributed by atoms with Gasteiger partial charge in [-0.15, -0.1) is 0 Å². The molecular weight excluding hydrogens is 208 g/mol. The van der Waals surface area contributed by atoms with Crippen LogP contribution in [-0.4, -0.2) is 27.9 Å². The zero-order valence-corrected chi connectivity index (χ0v) is 9.06. The number of hydrogen-bond acceptors (Lipinski definition) is 3. The van der Waals surface area contributed by atoms with E-state index in [9.17, 15) is 9.59 Å². The van der Waals surface area contributed by atoms with Crippen molar-refractivity contribution in [3.05, 3.63) is 18.2 Å². The SMILES string of the molecule is Cn1ccnc1CNC(=O)C1CNC(=O)C1. The summed E-state index contributed by atoms with van der Waals surface area (Å²) in [5.74, 6) is 0.400. The summed E-state index contributed by atoms with van der Waals surface area (Å²) in [7, 11) is 1.87. The first-order valence-electron chi connectivity index (χ1n) is 5.17. The first kappa shape index (κ1) is 10.7. The number of nitrogens with zero attached hydrogens (tertiary/aromatic N) is 2. The van der Waals surface area contributed by atoms with E-state index in [0.717, 1.165) is 5.82 Å². The quantitative estimate of drug-likeness (QED) is 0.701.